The number of allylic oxidation sites excluding steroid dienone is 2. The molecule has 0 saturated heterocycles. The Kier molecular flexibility index (Phi) is 3.84. The van der Waals surface area contributed by atoms with Gasteiger partial charge in [0, 0.05) is 4.38 Å². The van der Waals surface area contributed by atoms with Crippen molar-refractivity contribution >= 4 is 41.9 Å². The first-order valence-electron chi connectivity index (χ1n) is 5.14. The Labute approximate surface area is 108 Å². The topological polar surface area (TPSA) is 3.24 Å². The number of rotatable bonds is 1. The van der Waals surface area contributed by atoms with Crippen molar-refractivity contribution in [2.45, 2.75) is 38.9 Å². The van der Waals surface area contributed by atoms with Crippen LogP contribution in [0.1, 0.15) is 20.8 Å². The Hall–Kier alpha value is 0.332. The van der Waals surface area contributed by atoms with Crippen molar-refractivity contribution < 1.29 is 0 Å². The smallest absolute Gasteiger partial charge is 0.393 e. The first kappa shape index (κ1) is 13.4. The van der Waals surface area contributed by atoms with Gasteiger partial charge in [0.15, 0.2) is 0 Å². The molecule has 0 radical (unpaired) electrons. The highest BCUT2D eigenvalue weighted by molar-refractivity contribution is 9.12. The largest absolute Gasteiger partial charge is 0.431 e. The zero-order valence-electron chi connectivity index (χ0n) is 10.0. The monoisotopic (exact) mass is 305 g/mol. The lowest BCUT2D eigenvalue weighted by molar-refractivity contribution is 0.655. The van der Waals surface area contributed by atoms with Crippen molar-refractivity contribution in [3.63, 3.8) is 0 Å². The summed E-state index contributed by atoms with van der Waals surface area (Å²) in [5.74, 6) is 0. The van der Waals surface area contributed by atoms with Crippen molar-refractivity contribution in [2.75, 3.05) is 0 Å². The molecule has 0 amide bonds. The molecule has 0 spiro atoms. The predicted molar refractivity (Wildman–Crippen MR) is 76.8 cm³/mol. The van der Waals surface area contributed by atoms with E-state index in [4.69, 9.17) is 11.5 Å². The molecule has 1 aliphatic heterocycles. The van der Waals surface area contributed by atoms with Gasteiger partial charge in [-0.25, -0.2) is 0 Å². The van der Waals surface area contributed by atoms with Crippen LogP contribution in [0.15, 0.2) is 22.7 Å². The van der Waals surface area contributed by atoms with Crippen molar-refractivity contribution in [3.8, 4) is 0 Å². The summed E-state index contributed by atoms with van der Waals surface area (Å²) in [7, 11) is -1.57. The lowest BCUT2D eigenvalue weighted by atomic mass is 9.90. The average Bonchev–Trinajstić information content (AvgIpc) is 2.07. The highest BCUT2D eigenvalue weighted by Crippen LogP contribution is 2.41. The summed E-state index contributed by atoms with van der Waals surface area (Å²) in [6, 6.07) is 0. The third-order valence-electron chi connectivity index (χ3n) is 3.45. The van der Waals surface area contributed by atoms with E-state index < -0.39 is 8.24 Å². The minimum atomic E-state index is -1.57. The van der Waals surface area contributed by atoms with Crippen molar-refractivity contribution in [1.29, 1.82) is 0 Å². The Morgan fingerprint density at radius 1 is 1.40 bits per heavy atom. The summed E-state index contributed by atoms with van der Waals surface area (Å²) in [4.78, 5) is 0. The second kappa shape index (κ2) is 4.30. The molecule has 0 N–H and O–H groups in total. The minimum absolute atomic E-state index is 0.0455. The zero-order valence-corrected chi connectivity index (χ0v) is 13.4. The Bertz CT molecular complexity index is 309. The molecule has 1 heterocycles. The summed E-state index contributed by atoms with van der Waals surface area (Å²) >= 11 is 9.93. The van der Waals surface area contributed by atoms with Crippen LogP contribution in [0.25, 0.3) is 0 Å². The van der Waals surface area contributed by atoms with E-state index in [9.17, 15) is 0 Å². The van der Waals surface area contributed by atoms with Crippen LogP contribution in [0.3, 0.4) is 0 Å². The maximum absolute atomic E-state index is 6.42. The maximum atomic E-state index is 6.42. The molecular weight excluding hydrogens is 288 g/mol. The molecule has 0 aromatic heterocycles. The first-order chi connectivity index (χ1) is 6.68. The van der Waals surface area contributed by atoms with Gasteiger partial charge in [-0.3, -0.25) is 0 Å². The van der Waals surface area contributed by atoms with Gasteiger partial charge in [-0.2, -0.15) is 11.5 Å². The zero-order chi connectivity index (χ0) is 11.9. The fraction of sp³-hybridized carbons (Fsp3) is 0.600. The minimum Gasteiger partial charge on any atom is -0.431 e. The van der Waals surface area contributed by atoms with E-state index >= 15 is 0 Å². The quantitative estimate of drug-likeness (QED) is 0.650. The summed E-state index contributed by atoms with van der Waals surface area (Å²) in [6.45, 7) is 11.6. The van der Waals surface area contributed by atoms with E-state index in [1.807, 2.05) is 6.08 Å². The highest BCUT2D eigenvalue weighted by atomic mass is 79.9. The molecule has 5 heteroatoms. The van der Waals surface area contributed by atoms with Crippen LogP contribution >= 0.6 is 27.4 Å². The van der Waals surface area contributed by atoms with Gasteiger partial charge >= 0.3 is 6.26 Å². The summed E-state index contributed by atoms with van der Waals surface area (Å²) < 4.78 is 3.38. The van der Waals surface area contributed by atoms with Gasteiger partial charge in [0.2, 0.25) is 0 Å². The molecule has 1 nitrogen and oxygen atoms in total. The van der Waals surface area contributed by atoms with Crippen LogP contribution in [-0.2, 0) is 0 Å². The van der Waals surface area contributed by atoms with E-state index in [0.29, 0.717) is 5.04 Å². The van der Waals surface area contributed by atoms with Gasteiger partial charge < -0.3 is 4.48 Å². The van der Waals surface area contributed by atoms with E-state index in [0.717, 1.165) is 4.38 Å². The summed E-state index contributed by atoms with van der Waals surface area (Å²) in [5.41, 5.74) is 0. The number of nitrogens with zero attached hydrogens (tertiary/aromatic N) is 1. The molecule has 0 unspecified atom stereocenters. The molecule has 0 aliphatic carbocycles. The van der Waals surface area contributed by atoms with Crippen LogP contribution in [0.2, 0.25) is 18.1 Å². The van der Waals surface area contributed by atoms with Crippen LogP contribution in [-0.4, -0.2) is 19.0 Å². The molecule has 0 aromatic rings. The van der Waals surface area contributed by atoms with E-state index in [1.54, 1.807) is 0 Å². The number of halogens is 2. The van der Waals surface area contributed by atoms with Crippen molar-refractivity contribution in [3.05, 3.63) is 22.7 Å². The lowest BCUT2D eigenvalue weighted by Gasteiger charge is -2.47. The lowest BCUT2D eigenvalue weighted by Crippen LogP contribution is -2.57. The molecule has 0 bridgehead atoms. The molecule has 84 valence electrons. The van der Waals surface area contributed by atoms with Crippen LogP contribution in [0.5, 0.6) is 0 Å². The second-order valence-corrected chi connectivity index (χ2v) is 11.9. The molecular formula is C10H18BBrClNSi. The third-order valence-corrected chi connectivity index (χ3v) is 10.4. The average molecular weight is 307 g/mol. The van der Waals surface area contributed by atoms with Gasteiger partial charge in [0.05, 0.1) is 0 Å². The fourth-order valence-corrected chi connectivity index (χ4v) is 4.74. The predicted octanol–water partition coefficient (Wildman–Crippen LogP) is 4.37. The fourth-order valence-electron chi connectivity index (χ4n) is 1.37. The molecule has 1 rings (SSSR count). The summed E-state index contributed by atoms with van der Waals surface area (Å²) in [6.07, 6.45) is 6.15. The highest BCUT2D eigenvalue weighted by Gasteiger charge is 2.44. The van der Waals surface area contributed by atoms with E-state index in [1.165, 1.54) is 0 Å². The molecule has 0 aromatic carbocycles. The van der Waals surface area contributed by atoms with Gasteiger partial charge in [0.25, 0.3) is 0 Å². The van der Waals surface area contributed by atoms with E-state index in [2.05, 4.69) is 66.5 Å². The Balaban J connectivity index is 3.00. The van der Waals surface area contributed by atoms with Gasteiger partial charge in [0.1, 0.15) is 8.24 Å². The molecule has 15 heavy (non-hydrogen) atoms. The molecule has 0 atom stereocenters. The van der Waals surface area contributed by atoms with Gasteiger partial charge in [-0.05, 0) is 17.3 Å². The van der Waals surface area contributed by atoms with Crippen LogP contribution in [0, 0.1) is 0 Å². The third kappa shape index (κ3) is 2.53. The molecule has 0 fully saturated rings. The Morgan fingerprint density at radius 2 is 1.93 bits per heavy atom. The van der Waals surface area contributed by atoms with E-state index in [-0.39, 0.29) is 6.26 Å². The van der Waals surface area contributed by atoms with Gasteiger partial charge in [-0.15, -0.1) is 0 Å². The molecule has 0 saturated carbocycles. The van der Waals surface area contributed by atoms with Crippen molar-refractivity contribution in [1.82, 2.24) is 4.48 Å². The number of hydrogen-bond donors (Lipinski definition) is 0. The van der Waals surface area contributed by atoms with Crippen LogP contribution in [0.4, 0.5) is 0 Å². The maximum Gasteiger partial charge on any atom is 0.393 e. The summed E-state index contributed by atoms with van der Waals surface area (Å²) in [5, 5.41) is 0.301. The standard InChI is InChI=1S/C10H18BBrClNSi/c1-10(2,3)15(4,5)14-8-6-7-9(12)11(14)13/h6-8H,1-5H3. The first-order valence-corrected chi connectivity index (χ1v) is 9.32. The molecule has 1 aliphatic rings. The van der Waals surface area contributed by atoms with Gasteiger partial charge in [-0.1, -0.05) is 55.9 Å². The SMILES string of the molecule is CC(C)(C)[Si](C)(C)N1C=CC=C(Br)B1Cl. The van der Waals surface area contributed by atoms with Crippen molar-refractivity contribution in [2.24, 2.45) is 0 Å². The Morgan fingerprint density at radius 3 is 2.40 bits per heavy atom. The second-order valence-electron chi connectivity index (χ2n) is 5.45. The van der Waals surface area contributed by atoms with Crippen LogP contribution < -0.4 is 0 Å². The number of hydrogen-bond acceptors (Lipinski definition) is 1. The normalized spacial score (nSPS) is 18.2.